The average Bonchev–Trinajstić information content (AvgIpc) is 3.76. The molecule has 15 nitrogen and oxygen atoms in total. The number of ether oxygens (including phenoxy) is 3. The quantitative estimate of drug-likeness (QED) is 0.103. The van der Waals surface area contributed by atoms with Crippen molar-refractivity contribution in [1.29, 1.82) is 0 Å². The number of aliphatic hydroxyl groups is 1. The van der Waals surface area contributed by atoms with Gasteiger partial charge < -0.3 is 44.7 Å². The van der Waals surface area contributed by atoms with E-state index in [1.165, 1.54) is 33.1 Å². The summed E-state index contributed by atoms with van der Waals surface area (Å²) >= 11 is 0. The Labute approximate surface area is 387 Å². The maximum absolute atomic E-state index is 14.6. The third-order valence-electron chi connectivity index (χ3n) is 13.1. The van der Waals surface area contributed by atoms with Gasteiger partial charge in [0.15, 0.2) is 5.78 Å². The molecule has 0 spiro atoms. The largest absolute Gasteiger partial charge is 0.445 e. The number of carbonyl (C=O) groups excluding carboxylic acids is 6. The number of nitrogens with one attached hydrogen (secondary N) is 2. The molecule has 1 heterocycles. The Hall–Kier alpha value is -4.86. The van der Waals surface area contributed by atoms with E-state index in [0.717, 1.165) is 6.42 Å². The van der Waals surface area contributed by atoms with Crippen LogP contribution in [-0.2, 0) is 44.8 Å². The van der Waals surface area contributed by atoms with Gasteiger partial charge in [-0.05, 0) is 60.8 Å². The highest BCUT2D eigenvalue weighted by Gasteiger charge is 2.44. The summed E-state index contributed by atoms with van der Waals surface area (Å²) in [5.41, 5.74) is 2.01. The van der Waals surface area contributed by atoms with Gasteiger partial charge in [-0.2, -0.15) is 0 Å². The van der Waals surface area contributed by atoms with E-state index in [1.807, 2.05) is 59.7 Å². The number of Topliss-reactive ketones (excluding diaryl/α,β-unsaturated/α-hetero) is 1. The van der Waals surface area contributed by atoms with Crippen LogP contribution < -0.4 is 10.6 Å². The van der Waals surface area contributed by atoms with Gasteiger partial charge in [-0.25, -0.2) is 4.79 Å². The summed E-state index contributed by atoms with van der Waals surface area (Å²) in [5, 5.41) is 16.5. The smallest absolute Gasteiger partial charge is 0.410 e. The van der Waals surface area contributed by atoms with Crippen LogP contribution >= 0.6 is 0 Å². The minimum Gasteiger partial charge on any atom is -0.445 e. The Balaban J connectivity index is 1.74. The standard InChI is InChI=1S/C50H77N5O10/c1-14-32(6)45(42(63-12)28-43(58)55-26-18-21-40(55)47(64-13)33(7)48(60)51-34(8)46(59)37-19-16-15-17-20-37)53(10)49(61)39(30(2)3)27-41(57)44(31(4)5)54(11)50(62)65-29-36-22-24-38(25-23-36)52-35(9)56/h15-17,19-20,22-25,30-34,39-40,42,44-47,59H,14,18,21,26-29H2,1-13H3,(H,51,60)(H,52,56)/t32-,33+,34+,39-,40?,42+,44-,45-,46+,47+/m0/s1. The van der Waals surface area contributed by atoms with E-state index in [0.29, 0.717) is 36.2 Å². The summed E-state index contributed by atoms with van der Waals surface area (Å²) in [6.07, 6.45) is -0.982. The third kappa shape index (κ3) is 14.8. The summed E-state index contributed by atoms with van der Waals surface area (Å²) in [5.74, 6) is -3.17. The lowest BCUT2D eigenvalue weighted by molar-refractivity contribution is -0.149. The molecule has 2 aromatic rings. The van der Waals surface area contributed by atoms with Crippen LogP contribution in [-0.4, -0.2) is 127 Å². The first-order chi connectivity index (χ1) is 30.7. The first-order valence-corrected chi connectivity index (χ1v) is 23.1. The van der Waals surface area contributed by atoms with Gasteiger partial charge in [0.05, 0.1) is 54.8 Å². The molecular weight excluding hydrogens is 831 g/mol. The second-order valence-electron chi connectivity index (χ2n) is 18.5. The van der Waals surface area contributed by atoms with E-state index >= 15 is 0 Å². The van der Waals surface area contributed by atoms with Crippen LogP contribution in [0.2, 0.25) is 0 Å². The number of aliphatic hydroxyl groups excluding tert-OH is 1. The molecule has 0 saturated carbocycles. The molecule has 3 N–H and O–H groups in total. The Bertz CT molecular complexity index is 1860. The lowest BCUT2D eigenvalue weighted by atomic mass is 9.83. The number of amides is 5. The van der Waals surface area contributed by atoms with Crippen molar-refractivity contribution in [3.05, 3.63) is 65.7 Å². The van der Waals surface area contributed by atoms with E-state index in [9.17, 15) is 33.9 Å². The summed E-state index contributed by atoms with van der Waals surface area (Å²) in [4.78, 5) is 86.1. The molecule has 1 fully saturated rings. The number of methoxy groups -OCH3 is 2. The minimum atomic E-state index is -0.904. The van der Waals surface area contributed by atoms with Crippen molar-refractivity contribution in [2.45, 2.75) is 144 Å². The summed E-state index contributed by atoms with van der Waals surface area (Å²) < 4.78 is 17.6. The number of hydrogen-bond acceptors (Lipinski definition) is 10. The predicted molar refractivity (Wildman–Crippen MR) is 250 cm³/mol. The van der Waals surface area contributed by atoms with Crippen molar-refractivity contribution in [2.75, 3.05) is 40.2 Å². The maximum atomic E-state index is 14.6. The van der Waals surface area contributed by atoms with Gasteiger partial charge in [0.2, 0.25) is 23.6 Å². The normalized spacial score (nSPS) is 18.1. The fraction of sp³-hybridized carbons (Fsp3) is 0.640. The molecule has 362 valence electrons. The van der Waals surface area contributed by atoms with Crippen LogP contribution in [0.1, 0.15) is 112 Å². The summed E-state index contributed by atoms with van der Waals surface area (Å²) in [6.45, 7) is 16.9. The SMILES string of the molecule is CC[C@H](C)[C@@H]([C@@H](CC(=O)N1CCCC1[C@H](OC)[C@@H](C)C(=O)N[C@H](C)[C@@H](O)c1ccccc1)OC)N(C)C(=O)[C@@H](CC(=O)[C@H](C(C)C)N(C)C(=O)OCc1ccc(NC(C)=O)cc1)C(C)C. The molecule has 3 rings (SSSR count). The molecule has 2 aromatic carbocycles. The molecule has 15 heteroatoms. The molecule has 5 amide bonds. The first kappa shape index (κ1) is 54.5. The Morgan fingerprint density at radius 3 is 2.02 bits per heavy atom. The second kappa shape index (κ2) is 25.7. The van der Waals surface area contributed by atoms with Crippen LogP contribution in [0.5, 0.6) is 0 Å². The van der Waals surface area contributed by atoms with Gasteiger partial charge in [0.1, 0.15) is 6.61 Å². The number of carbonyl (C=O) groups is 6. The number of likely N-dealkylation sites (N-methyl/N-ethyl adjacent to an activating group) is 2. The topological polar surface area (TPSA) is 184 Å². The molecule has 65 heavy (non-hydrogen) atoms. The molecule has 0 aliphatic carbocycles. The fourth-order valence-corrected chi connectivity index (χ4v) is 9.17. The molecule has 1 aliphatic rings. The highest BCUT2D eigenvalue weighted by molar-refractivity contribution is 5.92. The predicted octanol–water partition coefficient (Wildman–Crippen LogP) is 6.63. The number of likely N-dealkylation sites (tertiary alicyclic amines) is 1. The zero-order chi connectivity index (χ0) is 48.7. The van der Waals surface area contributed by atoms with E-state index in [1.54, 1.807) is 67.1 Å². The zero-order valence-electron chi connectivity index (χ0n) is 41.0. The van der Waals surface area contributed by atoms with Crippen molar-refractivity contribution in [3.8, 4) is 0 Å². The number of rotatable bonds is 24. The Kier molecular flexibility index (Phi) is 21.6. The number of benzene rings is 2. The minimum absolute atomic E-state index is 0.0238. The summed E-state index contributed by atoms with van der Waals surface area (Å²) in [7, 11) is 6.31. The molecule has 0 aromatic heterocycles. The lowest BCUT2D eigenvalue weighted by Crippen LogP contribution is -2.55. The van der Waals surface area contributed by atoms with Crippen molar-refractivity contribution in [1.82, 2.24) is 20.0 Å². The molecule has 0 radical (unpaired) electrons. The van der Waals surface area contributed by atoms with E-state index in [-0.39, 0.29) is 72.7 Å². The highest BCUT2D eigenvalue weighted by Crippen LogP contribution is 2.31. The van der Waals surface area contributed by atoms with Crippen molar-refractivity contribution < 1.29 is 48.1 Å². The Morgan fingerprint density at radius 2 is 1.48 bits per heavy atom. The fourth-order valence-electron chi connectivity index (χ4n) is 9.17. The van der Waals surface area contributed by atoms with Crippen LogP contribution in [0.4, 0.5) is 10.5 Å². The zero-order valence-corrected chi connectivity index (χ0v) is 41.0. The van der Waals surface area contributed by atoms with Crippen LogP contribution in [0.15, 0.2) is 54.6 Å². The maximum Gasteiger partial charge on any atom is 0.410 e. The Morgan fingerprint density at radius 1 is 0.846 bits per heavy atom. The third-order valence-corrected chi connectivity index (χ3v) is 13.1. The van der Waals surface area contributed by atoms with Gasteiger partial charge in [-0.1, -0.05) is 97.4 Å². The first-order valence-electron chi connectivity index (χ1n) is 23.1. The van der Waals surface area contributed by atoms with Crippen molar-refractivity contribution >= 4 is 41.2 Å². The molecule has 1 saturated heterocycles. The van der Waals surface area contributed by atoms with Gasteiger partial charge in [-0.15, -0.1) is 0 Å². The van der Waals surface area contributed by atoms with Gasteiger partial charge in [-0.3, -0.25) is 24.0 Å². The molecule has 0 bridgehead atoms. The molecule has 1 unspecified atom stereocenters. The summed E-state index contributed by atoms with van der Waals surface area (Å²) in [6, 6.07) is 13.7. The second-order valence-corrected chi connectivity index (χ2v) is 18.5. The molecule has 1 aliphatic heterocycles. The average molecular weight is 908 g/mol. The lowest BCUT2D eigenvalue weighted by Gasteiger charge is -2.41. The van der Waals surface area contributed by atoms with Gasteiger partial charge in [0, 0.05) is 59.8 Å². The van der Waals surface area contributed by atoms with Crippen LogP contribution in [0, 0.1) is 29.6 Å². The van der Waals surface area contributed by atoms with Crippen molar-refractivity contribution in [2.24, 2.45) is 29.6 Å². The van der Waals surface area contributed by atoms with Crippen molar-refractivity contribution in [3.63, 3.8) is 0 Å². The van der Waals surface area contributed by atoms with Crippen LogP contribution in [0.25, 0.3) is 0 Å². The number of anilines is 1. The molecule has 10 atom stereocenters. The number of hydrogen-bond donors (Lipinski definition) is 3. The number of ketones is 1. The van der Waals surface area contributed by atoms with Crippen LogP contribution in [0.3, 0.4) is 0 Å². The van der Waals surface area contributed by atoms with E-state index in [2.05, 4.69) is 10.6 Å². The number of nitrogens with zero attached hydrogens (tertiary/aromatic N) is 3. The van der Waals surface area contributed by atoms with E-state index < -0.39 is 54.4 Å². The van der Waals surface area contributed by atoms with Gasteiger partial charge in [0.25, 0.3) is 0 Å². The van der Waals surface area contributed by atoms with E-state index in [4.69, 9.17) is 14.2 Å². The van der Waals surface area contributed by atoms with Gasteiger partial charge >= 0.3 is 6.09 Å². The highest BCUT2D eigenvalue weighted by atomic mass is 16.6. The molecular formula is C50H77N5O10. The monoisotopic (exact) mass is 908 g/mol.